The maximum Gasteiger partial charge on any atom is 0.233 e. The molecule has 4 N–H and O–H groups in total. The zero-order valence-corrected chi connectivity index (χ0v) is 11.3. The first-order valence-corrected chi connectivity index (χ1v) is 6.91. The number of aromatic nitrogens is 2. The summed E-state index contributed by atoms with van der Waals surface area (Å²) >= 11 is 1.57. The van der Waals surface area contributed by atoms with Gasteiger partial charge < -0.3 is 16.4 Å². The molecule has 0 aliphatic heterocycles. The Kier molecular flexibility index (Phi) is 7.12. The van der Waals surface area contributed by atoms with Crippen LogP contribution in [0.1, 0.15) is 13.3 Å². The van der Waals surface area contributed by atoms with Gasteiger partial charge in [-0.2, -0.15) is 0 Å². The highest BCUT2D eigenvalue weighted by Crippen LogP contribution is 2.14. The summed E-state index contributed by atoms with van der Waals surface area (Å²) in [6.45, 7) is 3.57. The Bertz CT molecular complexity index is 374. The number of anilines is 1. The third-order valence-electron chi connectivity index (χ3n) is 2.02. The van der Waals surface area contributed by atoms with Crippen molar-refractivity contribution >= 4 is 23.6 Å². The third kappa shape index (κ3) is 5.83. The van der Waals surface area contributed by atoms with E-state index in [1.54, 1.807) is 18.0 Å². The molecule has 7 heteroatoms. The fourth-order valence-corrected chi connectivity index (χ4v) is 1.88. The van der Waals surface area contributed by atoms with Crippen LogP contribution in [0.25, 0.3) is 0 Å². The fraction of sp³-hybridized carbons (Fsp3) is 0.545. The number of carbonyl (C=O) groups excluding carboxylic acids is 1. The predicted octanol–water partition coefficient (Wildman–Crippen LogP) is 0.466. The first-order valence-electron chi connectivity index (χ1n) is 5.92. The Balaban J connectivity index is 2.31. The normalized spacial score (nSPS) is 10.1. The van der Waals surface area contributed by atoms with Gasteiger partial charge in [0, 0.05) is 25.0 Å². The fourth-order valence-electron chi connectivity index (χ4n) is 1.16. The average Bonchev–Trinajstić information content (AvgIpc) is 2.41. The van der Waals surface area contributed by atoms with Crippen LogP contribution >= 0.6 is 11.8 Å². The minimum atomic E-state index is -0.136. The van der Waals surface area contributed by atoms with Crippen molar-refractivity contribution in [2.24, 2.45) is 5.73 Å². The summed E-state index contributed by atoms with van der Waals surface area (Å²) in [5.41, 5.74) is 5.18. The maximum absolute atomic E-state index is 10.9. The number of thioether (sulfide) groups is 1. The Labute approximate surface area is 111 Å². The molecule has 6 nitrogen and oxygen atoms in total. The van der Waals surface area contributed by atoms with E-state index in [1.807, 2.05) is 6.07 Å². The number of nitrogens with two attached hydrogens (primary N) is 1. The van der Waals surface area contributed by atoms with Crippen molar-refractivity contribution in [1.29, 1.82) is 0 Å². The maximum atomic E-state index is 10.9. The van der Waals surface area contributed by atoms with Crippen LogP contribution in [0.2, 0.25) is 0 Å². The van der Waals surface area contributed by atoms with Crippen molar-refractivity contribution in [3.63, 3.8) is 0 Å². The van der Waals surface area contributed by atoms with E-state index in [2.05, 4.69) is 27.5 Å². The van der Waals surface area contributed by atoms with E-state index >= 15 is 0 Å². The van der Waals surface area contributed by atoms with E-state index in [0.717, 1.165) is 23.7 Å². The molecule has 0 radical (unpaired) electrons. The predicted molar refractivity (Wildman–Crippen MR) is 73.6 cm³/mol. The number of carbonyl (C=O) groups is 1. The first kappa shape index (κ1) is 14.7. The summed E-state index contributed by atoms with van der Waals surface area (Å²) in [6, 6.07) is 1.85. The molecule has 0 aliphatic rings. The molecule has 0 aromatic carbocycles. The van der Waals surface area contributed by atoms with Gasteiger partial charge in [-0.1, -0.05) is 6.92 Å². The third-order valence-corrected chi connectivity index (χ3v) is 2.95. The van der Waals surface area contributed by atoms with Crippen molar-refractivity contribution in [2.45, 2.75) is 18.4 Å². The number of nitrogens with zero attached hydrogens (tertiary/aromatic N) is 2. The molecule has 0 spiro atoms. The molecule has 1 amide bonds. The Morgan fingerprint density at radius 1 is 1.50 bits per heavy atom. The molecule has 1 aromatic heterocycles. The van der Waals surface area contributed by atoms with Crippen molar-refractivity contribution in [1.82, 2.24) is 15.3 Å². The summed E-state index contributed by atoms with van der Waals surface area (Å²) in [7, 11) is 0. The second-order valence-electron chi connectivity index (χ2n) is 3.55. The van der Waals surface area contributed by atoms with Gasteiger partial charge in [0.25, 0.3) is 0 Å². The molecule has 18 heavy (non-hydrogen) atoms. The van der Waals surface area contributed by atoms with Crippen LogP contribution in [-0.2, 0) is 4.79 Å². The molecule has 0 saturated carbocycles. The summed E-state index contributed by atoms with van der Waals surface area (Å²) < 4.78 is 0. The Morgan fingerprint density at radius 3 is 3.06 bits per heavy atom. The molecule has 0 fully saturated rings. The minimum Gasteiger partial charge on any atom is -0.354 e. The van der Waals surface area contributed by atoms with Crippen LogP contribution < -0.4 is 16.4 Å². The summed E-state index contributed by atoms with van der Waals surface area (Å²) in [4.78, 5) is 19.4. The van der Waals surface area contributed by atoms with E-state index in [0.29, 0.717) is 12.5 Å². The molecule has 0 unspecified atom stereocenters. The summed E-state index contributed by atoms with van der Waals surface area (Å²) in [5.74, 6) is 1.27. The Morgan fingerprint density at radius 2 is 2.33 bits per heavy atom. The molecule has 1 aromatic rings. The Hall–Kier alpha value is -1.34. The van der Waals surface area contributed by atoms with Gasteiger partial charge in [-0.25, -0.2) is 9.97 Å². The zero-order chi connectivity index (χ0) is 13.2. The van der Waals surface area contributed by atoms with Crippen LogP contribution in [0.15, 0.2) is 17.3 Å². The number of amides is 1. The van der Waals surface area contributed by atoms with Gasteiger partial charge >= 0.3 is 0 Å². The number of nitrogens with one attached hydrogen (secondary N) is 2. The second-order valence-corrected chi connectivity index (χ2v) is 4.66. The SMILES string of the molecule is CCCNc1nccc(SCCNC(=O)CN)n1. The minimum absolute atomic E-state index is 0.0310. The van der Waals surface area contributed by atoms with Gasteiger partial charge in [0.15, 0.2) is 0 Å². The monoisotopic (exact) mass is 269 g/mol. The highest BCUT2D eigenvalue weighted by Gasteiger charge is 2.00. The molecule has 0 atom stereocenters. The van der Waals surface area contributed by atoms with Gasteiger partial charge in [-0.05, 0) is 12.5 Å². The molecular formula is C11H19N5OS. The largest absolute Gasteiger partial charge is 0.354 e. The van der Waals surface area contributed by atoms with Crippen molar-refractivity contribution in [3.8, 4) is 0 Å². The molecule has 0 saturated heterocycles. The smallest absolute Gasteiger partial charge is 0.233 e. The topological polar surface area (TPSA) is 92.9 Å². The van der Waals surface area contributed by atoms with Gasteiger partial charge in [0.2, 0.25) is 11.9 Å². The van der Waals surface area contributed by atoms with E-state index in [-0.39, 0.29) is 12.5 Å². The van der Waals surface area contributed by atoms with Crippen LogP contribution in [0.3, 0.4) is 0 Å². The lowest BCUT2D eigenvalue weighted by Crippen LogP contribution is -2.31. The quantitative estimate of drug-likeness (QED) is 0.361. The van der Waals surface area contributed by atoms with Crippen molar-refractivity contribution in [2.75, 3.05) is 30.7 Å². The summed E-state index contributed by atoms with van der Waals surface area (Å²) in [5, 5.41) is 6.73. The zero-order valence-electron chi connectivity index (χ0n) is 10.5. The average molecular weight is 269 g/mol. The second kappa shape index (κ2) is 8.71. The van der Waals surface area contributed by atoms with E-state index in [1.165, 1.54) is 0 Å². The molecular weight excluding hydrogens is 250 g/mol. The van der Waals surface area contributed by atoms with Crippen LogP contribution in [-0.4, -0.2) is 41.3 Å². The van der Waals surface area contributed by atoms with Crippen molar-refractivity contribution < 1.29 is 4.79 Å². The van der Waals surface area contributed by atoms with Crippen LogP contribution in [0.5, 0.6) is 0 Å². The number of hydrogen-bond acceptors (Lipinski definition) is 6. The lowest BCUT2D eigenvalue weighted by molar-refractivity contribution is -0.119. The van der Waals surface area contributed by atoms with E-state index < -0.39 is 0 Å². The number of hydrogen-bond donors (Lipinski definition) is 3. The molecule has 1 rings (SSSR count). The highest BCUT2D eigenvalue weighted by atomic mass is 32.2. The van der Waals surface area contributed by atoms with Gasteiger partial charge in [-0.15, -0.1) is 11.8 Å². The van der Waals surface area contributed by atoms with Gasteiger partial charge in [0.05, 0.1) is 6.54 Å². The van der Waals surface area contributed by atoms with Crippen LogP contribution in [0.4, 0.5) is 5.95 Å². The van der Waals surface area contributed by atoms with Crippen LogP contribution in [0, 0.1) is 0 Å². The summed E-state index contributed by atoms with van der Waals surface area (Å²) in [6.07, 6.45) is 2.76. The first-order chi connectivity index (χ1) is 8.76. The lowest BCUT2D eigenvalue weighted by Gasteiger charge is -2.05. The van der Waals surface area contributed by atoms with E-state index in [9.17, 15) is 4.79 Å². The van der Waals surface area contributed by atoms with Gasteiger partial charge in [0.1, 0.15) is 5.03 Å². The molecule has 0 bridgehead atoms. The molecule has 0 aliphatic carbocycles. The van der Waals surface area contributed by atoms with Crippen molar-refractivity contribution in [3.05, 3.63) is 12.3 Å². The lowest BCUT2D eigenvalue weighted by atomic mass is 10.5. The number of rotatable bonds is 8. The van der Waals surface area contributed by atoms with E-state index in [4.69, 9.17) is 5.73 Å². The molecule has 100 valence electrons. The molecule has 1 heterocycles. The van der Waals surface area contributed by atoms with Gasteiger partial charge in [-0.3, -0.25) is 4.79 Å². The standard InChI is InChI=1S/C11H19N5OS/c1-2-4-14-11-15-5-3-10(16-11)18-7-6-13-9(17)8-12/h3,5H,2,4,6-8,12H2,1H3,(H,13,17)(H,14,15,16). The highest BCUT2D eigenvalue weighted by molar-refractivity contribution is 7.99.